The van der Waals surface area contributed by atoms with Crippen LogP contribution in [0.3, 0.4) is 0 Å². The van der Waals surface area contributed by atoms with Crippen LogP contribution in [0, 0.1) is 11.3 Å². The molecule has 0 fully saturated rings. The SMILES string of the molecule is CC(Cc1cccs1)NS(=O)(=O)c1ccc(N)cc1C#N. The first-order valence-electron chi connectivity index (χ1n) is 6.26. The fourth-order valence-corrected chi connectivity index (χ4v) is 4.19. The van der Waals surface area contributed by atoms with Crippen LogP contribution in [-0.4, -0.2) is 14.5 Å². The molecule has 0 radical (unpaired) electrons. The van der Waals surface area contributed by atoms with Gasteiger partial charge in [0.15, 0.2) is 0 Å². The first-order valence-corrected chi connectivity index (χ1v) is 8.63. The molecule has 2 aromatic rings. The minimum absolute atomic E-state index is 0.0442. The molecule has 1 heterocycles. The molecule has 0 bridgehead atoms. The third-order valence-electron chi connectivity index (χ3n) is 2.86. The van der Waals surface area contributed by atoms with Crippen molar-refractivity contribution in [2.24, 2.45) is 0 Å². The van der Waals surface area contributed by atoms with Crippen molar-refractivity contribution in [3.63, 3.8) is 0 Å². The molecule has 0 amide bonds. The zero-order valence-electron chi connectivity index (χ0n) is 11.4. The summed E-state index contributed by atoms with van der Waals surface area (Å²) in [6.07, 6.45) is 0.605. The molecule has 1 unspecified atom stereocenters. The van der Waals surface area contributed by atoms with Gasteiger partial charge in [-0.05, 0) is 43.0 Å². The van der Waals surface area contributed by atoms with Gasteiger partial charge in [0.25, 0.3) is 0 Å². The zero-order valence-corrected chi connectivity index (χ0v) is 13.0. The van der Waals surface area contributed by atoms with Crippen molar-refractivity contribution in [3.8, 4) is 6.07 Å². The number of nitriles is 1. The molecule has 3 N–H and O–H groups in total. The second-order valence-electron chi connectivity index (χ2n) is 4.67. The van der Waals surface area contributed by atoms with E-state index in [0.717, 1.165) is 4.88 Å². The number of anilines is 1. The van der Waals surface area contributed by atoms with E-state index in [0.29, 0.717) is 12.1 Å². The molecule has 110 valence electrons. The van der Waals surface area contributed by atoms with E-state index in [4.69, 9.17) is 11.0 Å². The van der Waals surface area contributed by atoms with E-state index in [1.54, 1.807) is 18.3 Å². The van der Waals surface area contributed by atoms with Crippen molar-refractivity contribution in [1.29, 1.82) is 5.26 Å². The molecule has 5 nitrogen and oxygen atoms in total. The maximum atomic E-state index is 12.4. The smallest absolute Gasteiger partial charge is 0.242 e. The van der Waals surface area contributed by atoms with Crippen molar-refractivity contribution >= 4 is 27.0 Å². The number of nitrogens with one attached hydrogen (secondary N) is 1. The van der Waals surface area contributed by atoms with Crippen molar-refractivity contribution < 1.29 is 8.42 Å². The van der Waals surface area contributed by atoms with Crippen LogP contribution in [0.4, 0.5) is 5.69 Å². The molecular weight excluding hydrogens is 306 g/mol. The third-order valence-corrected chi connectivity index (χ3v) is 5.40. The largest absolute Gasteiger partial charge is 0.399 e. The van der Waals surface area contributed by atoms with Crippen LogP contribution < -0.4 is 10.5 Å². The third kappa shape index (κ3) is 3.82. The van der Waals surface area contributed by atoms with Gasteiger partial charge in [-0.2, -0.15) is 5.26 Å². The fourth-order valence-electron chi connectivity index (χ4n) is 1.97. The van der Waals surface area contributed by atoms with Gasteiger partial charge in [0, 0.05) is 16.6 Å². The average Bonchev–Trinajstić information content (AvgIpc) is 2.90. The monoisotopic (exact) mass is 321 g/mol. The van der Waals surface area contributed by atoms with E-state index < -0.39 is 10.0 Å². The highest BCUT2D eigenvalue weighted by atomic mass is 32.2. The van der Waals surface area contributed by atoms with Gasteiger partial charge in [-0.25, -0.2) is 13.1 Å². The first-order chi connectivity index (χ1) is 9.92. The molecule has 1 aromatic carbocycles. The van der Waals surface area contributed by atoms with E-state index >= 15 is 0 Å². The molecular formula is C14H15N3O2S2. The van der Waals surface area contributed by atoms with Crippen LogP contribution in [-0.2, 0) is 16.4 Å². The van der Waals surface area contributed by atoms with E-state index in [-0.39, 0.29) is 16.5 Å². The second-order valence-corrected chi connectivity index (χ2v) is 7.39. The van der Waals surface area contributed by atoms with Crippen LogP contribution in [0.5, 0.6) is 0 Å². The van der Waals surface area contributed by atoms with Crippen LogP contribution in [0.2, 0.25) is 0 Å². The van der Waals surface area contributed by atoms with Crippen molar-refractivity contribution in [2.45, 2.75) is 24.3 Å². The lowest BCUT2D eigenvalue weighted by molar-refractivity contribution is 0.560. The maximum absolute atomic E-state index is 12.4. The van der Waals surface area contributed by atoms with E-state index in [1.807, 2.05) is 23.6 Å². The Kier molecular flexibility index (Phi) is 4.63. The van der Waals surface area contributed by atoms with Crippen molar-refractivity contribution in [1.82, 2.24) is 4.72 Å². The summed E-state index contributed by atoms with van der Waals surface area (Å²) < 4.78 is 27.3. The highest BCUT2D eigenvalue weighted by Gasteiger charge is 2.21. The molecule has 0 aliphatic rings. The van der Waals surface area contributed by atoms with Crippen LogP contribution >= 0.6 is 11.3 Å². The summed E-state index contributed by atoms with van der Waals surface area (Å²) in [5.74, 6) is 0. The number of hydrogen-bond donors (Lipinski definition) is 2. The van der Waals surface area contributed by atoms with Gasteiger partial charge in [-0.1, -0.05) is 6.07 Å². The molecule has 0 saturated carbocycles. The number of hydrogen-bond acceptors (Lipinski definition) is 5. The highest BCUT2D eigenvalue weighted by Crippen LogP contribution is 2.19. The second kappa shape index (κ2) is 6.26. The zero-order chi connectivity index (χ0) is 15.5. The predicted octanol–water partition coefficient (Wildman–Crippen LogP) is 2.11. The summed E-state index contributed by atoms with van der Waals surface area (Å²) in [7, 11) is -3.75. The van der Waals surface area contributed by atoms with Gasteiger partial charge in [0.05, 0.1) is 10.5 Å². The Bertz CT molecular complexity index is 762. The lowest BCUT2D eigenvalue weighted by Crippen LogP contribution is -2.34. The van der Waals surface area contributed by atoms with Gasteiger partial charge in [0.1, 0.15) is 6.07 Å². The van der Waals surface area contributed by atoms with Gasteiger partial charge < -0.3 is 5.73 Å². The summed E-state index contributed by atoms with van der Waals surface area (Å²) in [5, 5.41) is 11.0. The molecule has 2 rings (SSSR count). The molecule has 0 aliphatic heterocycles. The standard InChI is InChI=1S/C14H15N3O2S2/c1-10(7-13-3-2-6-20-13)17-21(18,19)14-5-4-12(16)8-11(14)9-15/h2-6,8,10,17H,7,16H2,1H3. The van der Waals surface area contributed by atoms with Crippen LogP contribution in [0.15, 0.2) is 40.6 Å². The maximum Gasteiger partial charge on any atom is 0.242 e. The summed E-state index contributed by atoms with van der Waals surface area (Å²) in [5.41, 5.74) is 5.98. The van der Waals surface area contributed by atoms with Crippen LogP contribution in [0.25, 0.3) is 0 Å². The number of thiophene rings is 1. The van der Waals surface area contributed by atoms with Gasteiger partial charge in [-0.3, -0.25) is 0 Å². The fraction of sp³-hybridized carbons (Fsp3) is 0.214. The number of nitrogens with two attached hydrogens (primary N) is 1. The van der Waals surface area contributed by atoms with Crippen molar-refractivity contribution in [2.75, 3.05) is 5.73 Å². The predicted molar refractivity (Wildman–Crippen MR) is 83.4 cm³/mol. The Balaban J connectivity index is 2.21. The normalized spacial score (nSPS) is 12.8. The Morgan fingerprint density at radius 3 is 2.81 bits per heavy atom. The Hall–Kier alpha value is -1.88. The minimum atomic E-state index is -3.75. The molecule has 7 heteroatoms. The summed E-state index contributed by atoms with van der Waals surface area (Å²) >= 11 is 1.58. The van der Waals surface area contributed by atoms with E-state index in [9.17, 15) is 8.42 Å². The van der Waals surface area contributed by atoms with Crippen LogP contribution in [0.1, 0.15) is 17.4 Å². The summed E-state index contributed by atoms with van der Waals surface area (Å²) in [6.45, 7) is 1.79. The Labute approximate surface area is 128 Å². The van der Waals surface area contributed by atoms with E-state index in [1.165, 1.54) is 18.2 Å². The first kappa shape index (κ1) is 15.5. The topological polar surface area (TPSA) is 96.0 Å². The molecule has 0 aliphatic carbocycles. The number of benzene rings is 1. The van der Waals surface area contributed by atoms with Gasteiger partial charge >= 0.3 is 0 Å². The number of nitrogen functional groups attached to an aromatic ring is 1. The number of sulfonamides is 1. The lowest BCUT2D eigenvalue weighted by atomic mass is 10.2. The minimum Gasteiger partial charge on any atom is -0.399 e. The molecule has 1 atom stereocenters. The highest BCUT2D eigenvalue weighted by molar-refractivity contribution is 7.89. The van der Waals surface area contributed by atoms with E-state index in [2.05, 4.69) is 4.72 Å². The number of rotatable bonds is 5. The molecule has 21 heavy (non-hydrogen) atoms. The quantitative estimate of drug-likeness (QED) is 0.824. The summed E-state index contributed by atoms with van der Waals surface area (Å²) in [4.78, 5) is 1.06. The van der Waals surface area contributed by atoms with Gasteiger partial charge in [0.2, 0.25) is 10.0 Å². The number of nitrogens with zero attached hydrogens (tertiary/aromatic N) is 1. The lowest BCUT2D eigenvalue weighted by Gasteiger charge is -2.14. The average molecular weight is 321 g/mol. The summed E-state index contributed by atoms with van der Waals surface area (Å²) in [6, 6.07) is 9.67. The molecule has 1 aromatic heterocycles. The Morgan fingerprint density at radius 2 is 2.19 bits per heavy atom. The van der Waals surface area contributed by atoms with Crippen molar-refractivity contribution in [3.05, 3.63) is 46.2 Å². The Morgan fingerprint density at radius 1 is 1.43 bits per heavy atom. The molecule has 0 spiro atoms. The van der Waals surface area contributed by atoms with Gasteiger partial charge in [-0.15, -0.1) is 11.3 Å². The molecule has 0 saturated heterocycles.